The van der Waals surface area contributed by atoms with Crippen LogP contribution in [0.15, 0.2) is 36.9 Å². The van der Waals surface area contributed by atoms with Gasteiger partial charge in [-0.25, -0.2) is 13.8 Å². The Labute approximate surface area is 96.7 Å². The molecule has 1 atom stereocenters. The number of hydrogen-bond donors (Lipinski definition) is 0. The summed E-state index contributed by atoms with van der Waals surface area (Å²) in [5.74, 6) is -1.15. The lowest BCUT2D eigenvalue weighted by Gasteiger charge is -2.13. The largest absolute Gasteiger partial charge is 0.362 e. The van der Waals surface area contributed by atoms with Crippen LogP contribution in [0.5, 0.6) is 0 Å². The maximum atomic E-state index is 13.7. The molecule has 88 valence electrons. The van der Waals surface area contributed by atoms with Crippen molar-refractivity contribution in [2.24, 2.45) is 0 Å². The van der Waals surface area contributed by atoms with Crippen molar-refractivity contribution >= 4 is 0 Å². The van der Waals surface area contributed by atoms with Gasteiger partial charge in [-0.1, -0.05) is 6.07 Å². The Morgan fingerprint density at radius 1 is 1.41 bits per heavy atom. The van der Waals surface area contributed by atoms with Gasteiger partial charge in [0.15, 0.2) is 0 Å². The van der Waals surface area contributed by atoms with Crippen molar-refractivity contribution in [1.82, 2.24) is 9.55 Å². The first kappa shape index (κ1) is 10.4. The number of epoxide rings is 1. The highest BCUT2D eigenvalue weighted by atomic mass is 19.1. The second-order valence-corrected chi connectivity index (χ2v) is 4.14. The third kappa shape index (κ3) is 1.82. The van der Waals surface area contributed by atoms with Crippen LogP contribution in [-0.2, 0) is 16.9 Å². The quantitative estimate of drug-likeness (QED) is 0.764. The van der Waals surface area contributed by atoms with Crippen molar-refractivity contribution in [2.75, 3.05) is 6.61 Å². The van der Waals surface area contributed by atoms with Gasteiger partial charge in [0.25, 0.3) is 0 Å². The highest BCUT2D eigenvalue weighted by molar-refractivity contribution is 5.29. The van der Waals surface area contributed by atoms with E-state index in [4.69, 9.17) is 4.74 Å². The van der Waals surface area contributed by atoms with Crippen molar-refractivity contribution in [1.29, 1.82) is 0 Å². The highest BCUT2D eigenvalue weighted by Crippen LogP contribution is 2.41. The summed E-state index contributed by atoms with van der Waals surface area (Å²) >= 11 is 0. The Hall–Kier alpha value is -1.75. The smallest absolute Gasteiger partial charge is 0.137 e. The normalized spacial score (nSPS) is 22.7. The molecule has 2 aromatic rings. The first-order valence-corrected chi connectivity index (χ1v) is 5.25. The Morgan fingerprint density at radius 2 is 2.24 bits per heavy atom. The Kier molecular flexibility index (Phi) is 2.22. The van der Waals surface area contributed by atoms with Crippen LogP contribution in [0.4, 0.5) is 8.78 Å². The van der Waals surface area contributed by atoms with Gasteiger partial charge in [-0.2, -0.15) is 0 Å². The first-order chi connectivity index (χ1) is 8.20. The van der Waals surface area contributed by atoms with Gasteiger partial charge in [0.2, 0.25) is 0 Å². The second kappa shape index (κ2) is 3.63. The van der Waals surface area contributed by atoms with E-state index < -0.39 is 17.2 Å². The lowest BCUT2D eigenvalue weighted by atomic mass is 9.99. The Bertz CT molecular complexity index is 535. The minimum atomic E-state index is -0.668. The number of nitrogens with zero attached hydrogens (tertiary/aromatic N) is 2. The number of rotatable bonds is 3. The zero-order chi connectivity index (χ0) is 11.9. The molecule has 17 heavy (non-hydrogen) atoms. The second-order valence-electron chi connectivity index (χ2n) is 4.14. The van der Waals surface area contributed by atoms with Gasteiger partial charge in [0.1, 0.15) is 17.2 Å². The molecule has 0 radical (unpaired) electrons. The van der Waals surface area contributed by atoms with Gasteiger partial charge in [0.05, 0.1) is 19.5 Å². The molecular formula is C12H10F2N2O. The van der Waals surface area contributed by atoms with Crippen LogP contribution in [0.3, 0.4) is 0 Å². The molecule has 1 aliphatic rings. The Morgan fingerprint density at radius 3 is 2.82 bits per heavy atom. The topological polar surface area (TPSA) is 30.4 Å². The summed E-state index contributed by atoms with van der Waals surface area (Å²) in [6, 6.07) is 3.57. The minimum Gasteiger partial charge on any atom is -0.362 e. The molecule has 0 amide bonds. The van der Waals surface area contributed by atoms with E-state index in [1.807, 2.05) is 4.57 Å². The van der Waals surface area contributed by atoms with E-state index in [0.717, 1.165) is 6.07 Å². The molecule has 0 saturated carbocycles. The standard InChI is InChI=1S/C12H10F2N2O/c13-9-1-2-10(11(14)5-9)12(7-17-12)6-16-4-3-15-8-16/h1-5,8H,6-7H2/t12-/m0/s1. The van der Waals surface area contributed by atoms with Crippen molar-refractivity contribution in [3.8, 4) is 0 Å². The summed E-state index contributed by atoms with van der Waals surface area (Å²) < 4.78 is 33.7. The SMILES string of the molecule is Fc1ccc([C@]2(Cn3ccnc3)CO2)c(F)c1. The van der Waals surface area contributed by atoms with Gasteiger partial charge in [-0.05, 0) is 6.07 Å². The van der Waals surface area contributed by atoms with Crippen molar-refractivity contribution in [3.05, 3.63) is 54.1 Å². The van der Waals surface area contributed by atoms with Crippen LogP contribution in [0.2, 0.25) is 0 Å². The van der Waals surface area contributed by atoms with Crippen molar-refractivity contribution < 1.29 is 13.5 Å². The monoisotopic (exact) mass is 236 g/mol. The molecule has 1 aliphatic heterocycles. The van der Waals surface area contributed by atoms with Gasteiger partial charge in [0, 0.05) is 24.0 Å². The molecule has 3 rings (SSSR count). The third-order valence-electron chi connectivity index (χ3n) is 2.91. The summed E-state index contributed by atoms with van der Waals surface area (Å²) in [5.41, 5.74) is -0.272. The number of imidazole rings is 1. The summed E-state index contributed by atoms with van der Waals surface area (Å²) in [6.07, 6.45) is 5.08. The van der Waals surface area contributed by atoms with Crippen molar-refractivity contribution in [2.45, 2.75) is 12.1 Å². The number of halogens is 2. The van der Waals surface area contributed by atoms with E-state index in [1.165, 1.54) is 12.1 Å². The van der Waals surface area contributed by atoms with E-state index >= 15 is 0 Å². The molecule has 0 bridgehead atoms. The van der Waals surface area contributed by atoms with E-state index in [2.05, 4.69) is 4.98 Å². The van der Waals surface area contributed by atoms with Gasteiger partial charge >= 0.3 is 0 Å². The molecule has 0 N–H and O–H groups in total. The van der Waals surface area contributed by atoms with E-state index in [0.29, 0.717) is 18.7 Å². The van der Waals surface area contributed by atoms with Crippen molar-refractivity contribution in [3.63, 3.8) is 0 Å². The molecule has 0 aliphatic carbocycles. The molecule has 1 fully saturated rings. The lowest BCUT2D eigenvalue weighted by molar-refractivity contribution is 0.270. The summed E-state index contributed by atoms with van der Waals surface area (Å²) in [7, 11) is 0. The zero-order valence-corrected chi connectivity index (χ0v) is 8.94. The number of hydrogen-bond acceptors (Lipinski definition) is 2. The van der Waals surface area contributed by atoms with Crippen LogP contribution >= 0.6 is 0 Å². The molecule has 5 heteroatoms. The van der Waals surface area contributed by atoms with E-state index in [-0.39, 0.29) is 0 Å². The average Bonchev–Trinajstić information content (AvgIpc) is 2.86. The number of ether oxygens (including phenoxy) is 1. The number of aromatic nitrogens is 2. The fourth-order valence-corrected chi connectivity index (χ4v) is 1.95. The fraction of sp³-hybridized carbons (Fsp3) is 0.250. The highest BCUT2D eigenvalue weighted by Gasteiger charge is 2.48. The van der Waals surface area contributed by atoms with Crippen LogP contribution in [0, 0.1) is 11.6 Å². The van der Waals surface area contributed by atoms with E-state index in [9.17, 15) is 8.78 Å². The summed E-state index contributed by atoms with van der Waals surface area (Å²) in [6.45, 7) is 0.920. The van der Waals surface area contributed by atoms with Crippen LogP contribution in [0.1, 0.15) is 5.56 Å². The molecule has 2 heterocycles. The minimum absolute atomic E-state index is 0.396. The van der Waals surface area contributed by atoms with E-state index in [1.54, 1.807) is 18.7 Å². The van der Waals surface area contributed by atoms with Crippen LogP contribution < -0.4 is 0 Å². The third-order valence-corrected chi connectivity index (χ3v) is 2.91. The molecule has 1 aromatic heterocycles. The average molecular weight is 236 g/mol. The molecule has 1 saturated heterocycles. The summed E-state index contributed by atoms with van der Waals surface area (Å²) in [5, 5.41) is 0. The molecule has 3 nitrogen and oxygen atoms in total. The van der Waals surface area contributed by atoms with Crippen LogP contribution in [-0.4, -0.2) is 16.2 Å². The zero-order valence-electron chi connectivity index (χ0n) is 8.94. The molecule has 1 aromatic carbocycles. The maximum absolute atomic E-state index is 13.7. The summed E-state index contributed by atoms with van der Waals surface area (Å²) in [4.78, 5) is 3.92. The fourth-order valence-electron chi connectivity index (χ4n) is 1.95. The molecular weight excluding hydrogens is 226 g/mol. The molecule has 0 spiro atoms. The lowest BCUT2D eigenvalue weighted by Crippen LogP contribution is -2.18. The molecule has 0 unspecified atom stereocenters. The van der Waals surface area contributed by atoms with Gasteiger partial charge < -0.3 is 9.30 Å². The predicted molar refractivity (Wildman–Crippen MR) is 56.2 cm³/mol. The predicted octanol–water partition coefficient (Wildman–Crippen LogP) is 2.09. The Balaban J connectivity index is 1.92. The maximum Gasteiger partial charge on any atom is 0.137 e. The van der Waals surface area contributed by atoms with Gasteiger partial charge in [-0.15, -0.1) is 0 Å². The first-order valence-electron chi connectivity index (χ1n) is 5.25. The van der Waals surface area contributed by atoms with Crippen LogP contribution in [0.25, 0.3) is 0 Å². The van der Waals surface area contributed by atoms with Gasteiger partial charge in [-0.3, -0.25) is 0 Å². The number of benzene rings is 1.